The van der Waals surface area contributed by atoms with Crippen molar-refractivity contribution in [3.05, 3.63) is 24.0 Å². The van der Waals surface area contributed by atoms with Gasteiger partial charge in [-0.05, 0) is 38.8 Å². The highest BCUT2D eigenvalue weighted by molar-refractivity contribution is 5.69. The normalized spacial score (nSPS) is 12.4. The smallest absolute Gasteiger partial charge is 0.307 e. The summed E-state index contributed by atoms with van der Waals surface area (Å²) >= 11 is 0. The maximum Gasteiger partial charge on any atom is 0.307 e. The zero-order valence-corrected chi connectivity index (χ0v) is 11.1. The molecule has 0 fully saturated rings. The first kappa shape index (κ1) is 13.8. The molecule has 0 aliphatic rings. The molecule has 0 N–H and O–H groups in total. The molecule has 0 aliphatic carbocycles. The fraction of sp³-hybridized carbons (Fsp3) is 0.643. The second-order valence-electron chi connectivity index (χ2n) is 4.37. The van der Waals surface area contributed by atoms with Crippen molar-refractivity contribution in [3.63, 3.8) is 0 Å². The first-order chi connectivity index (χ1) is 8.19. The van der Waals surface area contributed by atoms with Crippen molar-refractivity contribution in [2.45, 2.75) is 52.5 Å². The Morgan fingerprint density at radius 3 is 2.88 bits per heavy atom. The van der Waals surface area contributed by atoms with Gasteiger partial charge in [0.1, 0.15) is 0 Å². The summed E-state index contributed by atoms with van der Waals surface area (Å²) in [5.41, 5.74) is 1.31. The summed E-state index contributed by atoms with van der Waals surface area (Å²) in [6, 6.07) is 4.36. The molecule has 0 aliphatic heterocycles. The lowest BCUT2D eigenvalue weighted by molar-refractivity contribution is -0.143. The quantitative estimate of drug-likeness (QED) is 0.681. The number of rotatable bonds is 7. The second kappa shape index (κ2) is 7.15. The summed E-state index contributed by atoms with van der Waals surface area (Å²) < 4.78 is 7.17. The van der Waals surface area contributed by atoms with E-state index in [1.54, 1.807) is 0 Å². The van der Waals surface area contributed by atoms with Crippen LogP contribution in [0.3, 0.4) is 0 Å². The van der Waals surface area contributed by atoms with Gasteiger partial charge in [0.2, 0.25) is 0 Å². The van der Waals surface area contributed by atoms with Crippen molar-refractivity contribution in [3.8, 4) is 0 Å². The lowest BCUT2D eigenvalue weighted by Gasteiger charge is -2.16. The Morgan fingerprint density at radius 2 is 2.24 bits per heavy atom. The molecular weight excluding hydrogens is 214 g/mol. The van der Waals surface area contributed by atoms with E-state index >= 15 is 0 Å². The maximum atomic E-state index is 11.4. The van der Waals surface area contributed by atoms with Crippen LogP contribution in [0.2, 0.25) is 0 Å². The Labute approximate surface area is 104 Å². The Kier molecular flexibility index (Phi) is 5.81. The summed E-state index contributed by atoms with van der Waals surface area (Å²) in [6.45, 7) is 6.55. The molecular formula is C14H23NO2. The number of aromatic nitrogens is 1. The van der Waals surface area contributed by atoms with Crippen LogP contribution in [0.5, 0.6) is 0 Å². The van der Waals surface area contributed by atoms with Crippen LogP contribution in [0.4, 0.5) is 0 Å². The number of aryl methyl sites for hydroxylation is 1. The summed E-state index contributed by atoms with van der Waals surface area (Å²) in [5.74, 6) is -0.116. The first-order valence-corrected chi connectivity index (χ1v) is 6.50. The van der Waals surface area contributed by atoms with Gasteiger partial charge in [0.25, 0.3) is 0 Å². The minimum atomic E-state index is -0.116. The average molecular weight is 237 g/mol. The molecule has 1 aromatic heterocycles. The number of carbonyl (C=O) groups excluding carboxylic acids is 1. The van der Waals surface area contributed by atoms with Gasteiger partial charge in [0.15, 0.2) is 0 Å². The highest BCUT2D eigenvalue weighted by atomic mass is 16.5. The van der Waals surface area contributed by atoms with Crippen LogP contribution in [0.25, 0.3) is 0 Å². The van der Waals surface area contributed by atoms with E-state index < -0.39 is 0 Å². The van der Waals surface area contributed by atoms with E-state index in [2.05, 4.69) is 30.7 Å². The molecule has 0 radical (unpaired) electrons. The molecule has 17 heavy (non-hydrogen) atoms. The minimum Gasteiger partial charge on any atom is -0.466 e. The van der Waals surface area contributed by atoms with Crippen LogP contribution < -0.4 is 0 Å². The van der Waals surface area contributed by atoms with Crippen LogP contribution in [0.1, 0.15) is 51.8 Å². The summed E-state index contributed by atoms with van der Waals surface area (Å²) in [5, 5.41) is 0. The van der Waals surface area contributed by atoms with Crippen LogP contribution in [0, 0.1) is 0 Å². The van der Waals surface area contributed by atoms with Crippen molar-refractivity contribution >= 4 is 5.97 Å². The van der Waals surface area contributed by atoms with Crippen molar-refractivity contribution in [2.75, 3.05) is 6.61 Å². The predicted molar refractivity (Wildman–Crippen MR) is 69.0 cm³/mol. The molecule has 3 nitrogen and oxygen atoms in total. The minimum absolute atomic E-state index is 0.116. The predicted octanol–water partition coefficient (Wildman–Crippen LogP) is 3.34. The molecule has 0 spiro atoms. The number of hydrogen-bond acceptors (Lipinski definition) is 2. The monoisotopic (exact) mass is 237 g/mol. The molecule has 1 heterocycles. The van der Waals surface area contributed by atoms with E-state index in [0.29, 0.717) is 13.0 Å². The molecule has 0 aromatic carbocycles. The molecule has 0 amide bonds. The molecule has 1 atom stereocenters. The number of esters is 1. The molecule has 0 saturated carbocycles. The molecule has 3 heteroatoms. The second-order valence-corrected chi connectivity index (χ2v) is 4.37. The average Bonchev–Trinajstić information content (AvgIpc) is 2.74. The number of ether oxygens (including phenoxy) is 1. The van der Waals surface area contributed by atoms with E-state index in [1.165, 1.54) is 18.5 Å². The number of nitrogens with zero attached hydrogens (tertiary/aromatic N) is 1. The lowest BCUT2D eigenvalue weighted by Crippen LogP contribution is -2.14. The number of hydrogen-bond donors (Lipinski definition) is 0. The van der Waals surface area contributed by atoms with E-state index in [0.717, 1.165) is 6.42 Å². The molecule has 0 bridgehead atoms. The van der Waals surface area contributed by atoms with Gasteiger partial charge in [0.05, 0.1) is 13.0 Å². The van der Waals surface area contributed by atoms with E-state index in [-0.39, 0.29) is 12.0 Å². The SMILES string of the molecule is CCCCc1cccn1C(C)CC(=O)OCC. The fourth-order valence-electron chi connectivity index (χ4n) is 1.99. The molecule has 0 saturated heterocycles. The van der Waals surface area contributed by atoms with E-state index in [1.807, 2.05) is 13.0 Å². The van der Waals surface area contributed by atoms with Crippen molar-refractivity contribution in [1.82, 2.24) is 4.57 Å². The van der Waals surface area contributed by atoms with Gasteiger partial charge in [-0.25, -0.2) is 0 Å². The third-order valence-electron chi connectivity index (χ3n) is 2.90. The van der Waals surface area contributed by atoms with E-state index in [9.17, 15) is 4.79 Å². The van der Waals surface area contributed by atoms with Crippen LogP contribution in [-0.4, -0.2) is 17.1 Å². The van der Waals surface area contributed by atoms with Gasteiger partial charge in [-0.2, -0.15) is 0 Å². The van der Waals surface area contributed by atoms with Gasteiger partial charge < -0.3 is 9.30 Å². The molecule has 96 valence electrons. The van der Waals surface area contributed by atoms with Gasteiger partial charge in [-0.15, -0.1) is 0 Å². The Balaban J connectivity index is 2.58. The van der Waals surface area contributed by atoms with Gasteiger partial charge in [-0.1, -0.05) is 13.3 Å². The topological polar surface area (TPSA) is 31.2 Å². The summed E-state index contributed by atoms with van der Waals surface area (Å²) in [4.78, 5) is 11.4. The zero-order chi connectivity index (χ0) is 12.7. The largest absolute Gasteiger partial charge is 0.466 e. The highest BCUT2D eigenvalue weighted by Gasteiger charge is 2.13. The summed E-state index contributed by atoms with van der Waals surface area (Å²) in [6.07, 6.45) is 5.96. The zero-order valence-electron chi connectivity index (χ0n) is 11.1. The third-order valence-corrected chi connectivity index (χ3v) is 2.90. The van der Waals surface area contributed by atoms with E-state index in [4.69, 9.17) is 4.74 Å². The van der Waals surface area contributed by atoms with Crippen molar-refractivity contribution in [1.29, 1.82) is 0 Å². The Morgan fingerprint density at radius 1 is 1.47 bits per heavy atom. The standard InChI is InChI=1S/C14H23NO2/c1-4-6-8-13-9-7-10-15(13)12(3)11-14(16)17-5-2/h7,9-10,12H,4-6,8,11H2,1-3H3. The third kappa shape index (κ3) is 4.25. The van der Waals surface area contributed by atoms with Crippen molar-refractivity contribution < 1.29 is 9.53 Å². The molecule has 1 rings (SSSR count). The van der Waals surface area contributed by atoms with Gasteiger partial charge in [0, 0.05) is 17.9 Å². The summed E-state index contributed by atoms with van der Waals surface area (Å²) in [7, 11) is 0. The van der Waals surface area contributed by atoms with Crippen molar-refractivity contribution in [2.24, 2.45) is 0 Å². The Hall–Kier alpha value is -1.25. The van der Waals surface area contributed by atoms with Gasteiger partial charge in [-0.3, -0.25) is 4.79 Å². The van der Waals surface area contributed by atoms with Crippen LogP contribution in [0.15, 0.2) is 18.3 Å². The highest BCUT2D eigenvalue weighted by Crippen LogP contribution is 2.17. The van der Waals surface area contributed by atoms with Gasteiger partial charge >= 0.3 is 5.97 Å². The molecule has 1 aromatic rings. The first-order valence-electron chi connectivity index (χ1n) is 6.50. The number of unbranched alkanes of at least 4 members (excludes halogenated alkanes) is 1. The maximum absolute atomic E-state index is 11.4. The van der Waals surface area contributed by atoms with Crippen LogP contribution in [-0.2, 0) is 16.0 Å². The Bertz CT molecular complexity index is 344. The number of carbonyl (C=O) groups is 1. The van der Waals surface area contributed by atoms with Crippen LogP contribution >= 0.6 is 0 Å². The fourth-order valence-corrected chi connectivity index (χ4v) is 1.99. The lowest BCUT2D eigenvalue weighted by atomic mass is 10.2. The molecule has 1 unspecified atom stereocenters.